The maximum absolute atomic E-state index is 13.6. The second kappa shape index (κ2) is 7.26. The molecule has 25 heavy (non-hydrogen) atoms. The molecule has 0 aliphatic carbocycles. The van der Waals surface area contributed by atoms with Crippen LogP contribution >= 0.6 is 11.6 Å². The van der Waals surface area contributed by atoms with Gasteiger partial charge in [-0.05, 0) is 36.6 Å². The van der Waals surface area contributed by atoms with E-state index in [1.807, 2.05) is 4.90 Å². The number of hydrogen-bond donors (Lipinski definition) is 1. The number of rotatable bonds is 3. The Morgan fingerprint density at radius 2 is 2.28 bits per heavy atom. The number of anilines is 1. The molecule has 0 spiro atoms. The standard InChI is InChI=1S/C18H18ClFN4O/c1-2-12-5-6-14(20)8-13(12)10-24-17(25)16(19)9-22-18(24)23-7-3-4-15(21)11-23/h1,5-6,8-9,15H,3-4,7,10-11,21H2/t15-/m1/s1. The molecule has 1 aromatic carbocycles. The van der Waals surface area contributed by atoms with E-state index in [0.29, 0.717) is 23.6 Å². The summed E-state index contributed by atoms with van der Waals surface area (Å²) in [4.78, 5) is 18.9. The van der Waals surface area contributed by atoms with Gasteiger partial charge in [-0.3, -0.25) is 9.36 Å². The van der Waals surface area contributed by atoms with Crippen LogP contribution in [0.5, 0.6) is 0 Å². The van der Waals surface area contributed by atoms with Crippen molar-refractivity contribution >= 4 is 17.5 Å². The van der Waals surface area contributed by atoms with Gasteiger partial charge in [0.25, 0.3) is 5.56 Å². The molecule has 1 saturated heterocycles. The van der Waals surface area contributed by atoms with Crippen LogP contribution in [0, 0.1) is 18.2 Å². The second-order valence-corrected chi connectivity index (χ2v) is 6.50. The van der Waals surface area contributed by atoms with Gasteiger partial charge in [-0.1, -0.05) is 17.5 Å². The second-order valence-electron chi connectivity index (χ2n) is 6.09. The summed E-state index contributed by atoms with van der Waals surface area (Å²) < 4.78 is 15.1. The number of halogens is 2. The first kappa shape index (κ1) is 17.5. The van der Waals surface area contributed by atoms with Crippen molar-refractivity contribution < 1.29 is 4.39 Å². The van der Waals surface area contributed by atoms with Crippen LogP contribution in [0.3, 0.4) is 0 Å². The topological polar surface area (TPSA) is 64.2 Å². The molecule has 1 fully saturated rings. The predicted octanol–water partition coefficient (Wildman–Crippen LogP) is 1.99. The molecule has 1 atom stereocenters. The maximum Gasteiger partial charge on any atom is 0.273 e. The molecule has 130 valence electrons. The molecule has 3 rings (SSSR count). The Balaban J connectivity index is 2.06. The number of nitrogens with zero attached hydrogens (tertiary/aromatic N) is 3. The smallest absolute Gasteiger partial charge is 0.273 e. The Kier molecular flexibility index (Phi) is 5.07. The largest absolute Gasteiger partial charge is 0.341 e. The number of piperidine rings is 1. The van der Waals surface area contributed by atoms with Gasteiger partial charge in [0, 0.05) is 24.7 Å². The highest BCUT2D eigenvalue weighted by atomic mass is 35.5. The number of aromatic nitrogens is 2. The normalized spacial score (nSPS) is 17.4. The van der Waals surface area contributed by atoms with Gasteiger partial charge in [0.1, 0.15) is 10.8 Å². The predicted molar refractivity (Wildman–Crippen MR) is 96.4 cm³/mol. The van der Waals surface area contributed by atoms with Crippen molar-refractivity contribution in [1.29, 1.82) is 0 Å². The fourth-order valence-electron chi connectivity index (χ4n) is 3.05. The quantitative estimate of drug-likeness (QED) is 0.850. The highest BCUT2D eigenvalue weighted by Crippen LogP contribution is 2.20. The van der Waals surface area contributed by atoms with E-state index in [1.54, 1.807) is 0 Å². The molecular weight excluding hydrogens is 343 g/mol. The fourth-order valence-corrected chi connectivity index (χ4v) is 3.20. The minimum absolute atomic E-state index is 0.00344. The van der Waals surface area contributed by atoms with E-state index in [-0.39, 0.29) is 17.6 Å². The van der Waals surface area contributed by atoms with Crippen LogP contribution < -0.4 is 16.2 Å². The summed E-state index contributed by atoms with van der Waals surface area (Å²) >= 11 is 5.97. The van der Waals surface area contributed by atoms with Crippen molar-refractivity contribution in [3.8, 4) is 12.3 Å². The van der Waals surface area contributed by atoms with Gasteiger partial charge in [0.15, 0.2) is 0 Å². The van der Waals surface area contributed by atoms with Crippen LogP contribution in [0.1, 0.15) is 24.0 Å². The van der Waals surface area contributed by atoms with Crippen LogP contribution in [-0.2, 0) is 6.54 Å². The SMILES string of the molecule is C#Cc1ccc(F)cc1Cn1c(N2CCC[C@@H](N)C2)ncc(Cl)c1=O. The van der Waals surface area contributed by atoms with Crippen LogP contribution in [-0.4, -0.2) is 28.7 Å². The van der Waals surface area contributed by atoms with Crippen molar-refractivity contribution in [2.45, 2.75) is 25.4 Å². The Bertz CT molecular complexity index is 890. The molecule has 1 aliphatic rings. The third kappa shape index (κ3) is 3.68. The molecular formula is C18H18ClFN4O. The number of benzene rings is 1. The summed E-state index contributed by atoms with van der Waals surface area (Å²) in [7, 11) is 0. The average Bonchev–Trinajstić information content (AvgIpc) is 2.59. The van der Waals surface area contributed by atoms with Gasteiger partial charge < -0.3 is 10.6 Å². The third-order valence-electron chi connectivity index (χ3n) is 4.28. The van der Waals surface area contributed by atoms with Gasteiger partial charge in [-0.25, -0.2) is 9.37 Å². The molecule has 1 aromatic heterocycles. The first-order valence-corrected chi connectivity index (χ1v) is 8.38. The molecule has 1 aliphatic heterocycles. The lowest BCUT2D eigenvalue weighted by Crippen LogP contribution is -2.45. The number of nitrogens with two attached hydrogens (primary N) is 1. The molecule has 2 aromatic rings. The van der Waals surface area contributed by atoms with Crippen molar-refractivity contribution in [1.82, 2.24) is 9.55 Å². The van der Waals surface area contributed by atoms with E-state index >= 15 is 0 Å². The molecule has 2 heterocycles. The molecule has 0 amide bonds. The fraction of sp³-hybridized carbons (Fsp3) is 0.333. The van der Waals surface area contributed by atoms with Gasteiger partial charge in [-0.2, -0.15) is 0 Å². The monoisotopic (exact) mass is 360 g/mol. The van der Waals surface area contributed by atoms with E-state index in [2.05, 4.69) is 10.9 Å². The van der Waals surface area contributed by atoms with Crippen molar-refractivity contribution in [3.05, 3.63) is 56.7 Å². The third-order valence-corrected chi connectivity index (χ3v) is 4.54. The van der Waals surface area contributed by atoms with Gasteiger partial charge in [0.05, 0.1) is 12.7 Å². The van der Waals surface area contributed by atoms with Crippen LogP contribution in [0.2, 0.25) is 5.02 Å². The lowest BCUT2D eigenvalue weighted by Gasteiger charge is -2.33. The number of hydrogen-bond acceptors (Lipinski definition) is 4. The van der Waals surface area contributed by atoms with E-state index in [0.717, 1.165) is 19.4 Å². The summed E-state index contributed by atoms with van der Waals surface area (Å²) in [5, 5.41) is 0.00344. The molecule has 0 bridgehead atoms. The summed E-state index contributed by atoms with van der Waals surface area (Å²) in [5.74, 6) is 2.57. The van der Waals surface area contributed by atoms with Crippen LogP contribution in [0.4, 0.5) is 10.3 Å². The van der Waals surface area contributed by atoms with Crippen LogP contribution in [0.15, 0.2) is 29.2 Å². The zero-order valence-electron chi connectivity index (χ0n) is 13.6. The summed E-state index contributed by atoms with van der Waals surface area (Å²) in [6.45, 7) is 1.43. The zero-order chi connectivity index (χ0) is 18.0. The van der Waals surface area contributed by atoms with Crippen LogP contribution in [0.25, 0.3) is 0 Å². The minimum atomic E-state index is -0.418. The van der Waals surface area contributed by atoms with E-state index in [4.69, 9.17) is 23.8 Å². The highest BCUT2D eigenvalue weighted by molar-refractivity contribution is 6.30. The Morgan fingerprint density at radius 1 is 1.48 bits per heavy atom. The maximum atomic E-state index is 13.6. The van der Waals surface area contributed by atoms with E-state index < -0.39 is 11.4 Å². The van der Waals surface area contributed by atoms with Gasteiger partial charge >= 0.3 is 0 Å². The Morgan fingerprint density at radius 3 is 3.00 bits per heavy atom. The lowest BCUT2D eigenvalue weighted by atomic mass is 10.1. The number of terminal acetylenes is 1. The summed E-state index contributed by atoms with van der Waals surface area (Å²) in [6.07, 6.45) is 8.67. The van der Waals surface area contributed by atoms with Crippen molar-refractivity contribution in [2.75, 3.05) is 18.0 Å². The summed E-state index contributed by atoms with van der Waals surface area (Å²) in [5.41, 5.74) is 6.70. The molecule has 0 saturated carbocycles. The Labute approximate surface area is 150 Å². The van der Waals surface area contributed by atoms with E-state index in [9.17, 15) is 9.18 Å². The lowest BCUT2D eigenvalue weighted by molar-refractivity contribution is 0.490. The first-order valence-electron chi connectivity index (χ1n) is 8.00. The van der Waals surface area contributed by atoms with E-state index in [1.165, 1.54) is 29.0 Å². The zero-order valence-corrected chi connectivity index (χ0v) is 14.3. The van der Waals surface area contributed by atoms with Crippen molar-refractivity contribution in [3.63, 3.8) is 0 Å². The first-order chi connectivity index (χ1) is 12.0. The van der Waals surface area contributed by atoms with Crippen molar-refractivity contribution in [2.24, 2.45) is 5.73 Å². The molecule has 2 N–H and O–H groups in total. The summed E-state index contributed by atoms with van der Waals surface area (Å²) in [6, 6.07) is 4.16. The highest BCUT2D eigenvalue weighted by Gasteiger charge is 2.22. The molecule has 7 heteroatoms. The van der Waals surface area contributed by atoms with Gasteiger partial charge in [-0.15, -0.1) is 6.42 Å². The average molecular weight is 361 g/mol. The Hall–Kier alpha value is -2.36. The van der Waals surface area contributed by atoms with Gasteiger partial charge in [0.2, 0.25) is 5.95 Å². The molecule has 0 radical (unpaired) electrons. The molecule has 5 nitrogen and oxygen atoms in total. The molecule has 0 unspecified atom stereocenters. The minimum Gasteiger partial charge on any atom is -0.341 e.